The first-order valence-electron chi connectivity index (χ1n) is 20.7. The van der Waals surface area contributed by atoms with Crippen molar-refractivity contribution in [3.63, 3.8) is 0 Å². The predicted molar refractivity (Wildman–Crippen MR) is 212 cm³/mol. The second kappa shape index (κ2) is 15.6. The van der Waals surface area contributed by atoms with Crippen LogP contribution in [0.25, 0.3) is 11.1 Å². The van der Waals surface area contributed by atoms with E-state index < -0.39 is 11.9 Å². The van der Waals surface area contributed by atoms with E-state index in [4.69, 9.17) is 14.2 Å². The SMILES string of the molecule is CC1C(CN2CCCC2C(=O)OC(C)(C)C)OC(c2cccc(-c3cccc(CNC(=O)NC45CC6CC(CC(C6)C4)C5)c3)c2)OC1c1ccc(CO)cc1. The molecule has 55 heavy (non-hydrogen) atoms. The molecule has 0 aromatic heterocycles. The molecule has 294 valence electrons. The molecule has 2 saturated heterocycles. The smallest absolute Gasteiger partial charge is 0.323 e. The molecule has 4 aliphatic carbocycles. The van der Waals surface area contributed by atoms with Crippen LogP contribution in [0.15, 0.2) is 72.8 Å². The van der Waals surface area contributed by atoms with Gasteiger partial charge in [-0.3, -0.25) is 9.69 Å². The minimum atomic E-state index is -0.635. The third-order valence-corrected chi connectivity index (χ3v) is 12.9. The number of aliphatic hydroxyl groups is 1. The van der Waals surface area contributed by atoms with Gasteiger partial charge in [-0.15, -0.1) is 0 Å². The zero-order valence-electron chi connectivity index (χ0n) is 33.0. The summed E-state index contributed by atoms with van der Waals surface area (Å²) in [6.45, 7) is 9.72. The van der Waals surface area contributed by atoms with Crippen LogP contribution < -0.4 is 10.6 Å². The van der Waals surface area contributed by atoms with Crippen LogP contribution in [0.2, 0.25) is 0 Å². The number of urea groups is 1. The van der Waals surface area contributed by atoms with Crippen molar-refractivity contribution in [3.05, 3.63) is 95.1 Å². The third-order valence-electron chi connectivity index (χ3n) is 12.9. The molecule has 9 rings (SSSR count). The Kier molecular flexibility index (Phi) is 10.8. The summed E-state index contributed by atoms with van der Waals surface area (Å²) in [5.41, 5.74) is 5.35. The van der Waals surface area contributed by atoms with Crippen LogP contribution in [-0.4, -0.2) is 58.4 Å². The number of nitrogens with one attached hydrogen (secondary N) is 2. The highest BCUT2D eigenvalue weighted by molar-refractivity contribution is 5.76. The molecule has 0 spiro atoms. The molecule has 4 bridgehead atoms. The van der Waals surface area contributed by atoms with E-state index >= 15 is 0 Å². The average molecular weight is 750 g/mol. The monoisotopic (exact) mass is 749 g/mol. The molecular formula is C46H59N3O6. The average Bonchev–Trinajstić information content (AvgIpc) is 3.62. The zero-order chi connectivity index (χ0) is 38.3. The van der Waals surface area contributed by atoms with E-state index in [9.17, 15) is 14.7 Å². The first-order chi connectivity index (χ1) is 26.4. The fourth-order valence-electron chi connectivity index (χ4n) is 10.7. The summed E-state index contributed by atoms with van der Waals surface area (Å²) in [5.74, 6) is 2.16. The van der Waals surface area contributed by atoms with Crippen molar-refractivity contribution in [1.29, 1.82) is 0 Å². The quantitative estimate of drug-likeness (QED) is 0.179. The first-order valence-corrected chi connectivity index (χ1v) is 20.7. The Morgan fingerprint density at radius 1 is 0.873 bits per heavy atom. The van der Waals surface area contributed by atoms with E-state index in [1.165, 1.54) is 19.3 Å². The van der Waals surface area contributed by atoms with E-state index in [2.05, 4.69) is 52.8 Å². The molecule has 3 aromatic rings. The lowest BCUT2D eigenvalue weighted by molar-refractivity contribution is -0.276. The lowest BCUT2D eigenvalue weighted by atomic mass is 9.53. The van der Waals surface area contributed by atoms with Crippen LogP contribution in [0.3, 0.4) is 0 Å². The van der Waals surface area contributed by atoms with Crippen molar-refractivity contribution < 1.29 is 28.9 Å². The number of rotatable bonds is 10. The standard InChI is InChI=1S/C46H59N3O6/c1-29-40(27-49-17-7-12-39(49)42(51)55-45(2,3)4)53-43(54-41(29)35-15-13-30(28-50)14-16-35)38-11-6-10-37(22-38)36-9-5-8-31(21-36)26-47-44(52)48-46-23-32-18-33(24-46)20-34(19-32)25-46/h5-6,8-11,13-16,21-22,29,32-34,39-41,43,50H,7,12,17-20,23-28H2,1-4H3,(H2,47,48,52). The Morgan fingerprint density at radius 2 is 1.55 bits per heavy atom. The largest absolute Gasteiger partial charge is 0.459 e. The van der Waals surface area contributed by atoms with Crippen molar-refractivity contribution in [3.8, 4) is 11.1 Å². The van der Waals surface area contributed by atoms with Gasteiger partial charge in [0.1, 0.15) is 11.6 Å². The molecule has 6 fully saturated rings. The molecule has 3 N–H and O–H groups in total. The molecule has 3 aromatic carbocycles. The highest BCUT2D eigenvalue weighted by Crippen LogP contribution is 2.55. The Balaban J connectivity index is 0.976. The van der Waals surface area contributed by atoms with Gasteiger partial charge in [0.2, 0.25) is 0 Å². The number of hydrogen-bond donors (Lipinski definition) is 3. The second-order valence-electron chi connectivity index (χ2n) is 18.3. The van der Waals surface area contributed by atoms with Gasteiger partial charge >= 0.3 is 12.0 Å². The number of aliphatic hydroxyl groups excluding tert-OH is 1. The maximum Gasteiger partial charge on any atom is 0.323 e. The lowest BCUT2D eigenvalue weighted by Gasteiger charge is -2.56. The number of amides is 2. The van der Waals surface area contributed by atoms with E-state index in [0.29, 0.717) is 13.1 Å². The van der Waals surface area contributed by atoms with Crippen molar-refractivity contribution >= 4 is 12.0 Å². The van der Waals surface area contributed by atoms with Crippen LogP contribution >= 0.6 is 0 Å². The van der Waals surface area contributed by atoms with Crippen LogP contribution in [-0.2, 0) is 32.2 Å². The maximum atomic E-state index is 13.3. The summed E-state index contributed by atoms with van der Waals surface area (Å²) < 4.78 is 19.5. The number of likely N-dealkylation sites (tertiary alicyclic amines) is 1. The first kappa shape index (κ1) is 38.1. The Bertz CT molecular complexity index is 1800. The van der Waals surface area contributed by atoms with Gasteiger partial charge in [0.05, 0.1) is 18.8 Å². The molecule has 2 heterocycles. The number of carbonyl (C=O) groups is 2. The topological polar surface area (TPSA) is 109 Å². The maximum absolute atomic E-state index is 13.3. The molecule has 9 nitrogen and oxygen atoms in total. The molecule has 2 aliphatic heterocycles. The van der Waals surface area contributed by atoms with Crippen molar-refractivity contribution in [2.24, 2.45) is 23.7 Å². The number of nitrogens with zero attached hydrogens (tertiary/aromatic N) is 1. The van der Waals surface area contributed by atoms with Crippen molar-refractivity contribution in [2.45, 2.75) is 128 Å². The summed E-state index contributed by atoms with van der Waals surface area (Å²) in [5, 5.41) is 16.3. The molecule has 2 amide bonds. The zero-order valence-corrected chi connectivity index (χ0v) is 33.0. The van der Waals surface area contributed by atoms with Crippen LogP contribution in [0.5, 0.6) is 0 Å². The van der Waals surface area contributed by atoms with Gasteiger partial charge < -0.3 is 30.0 Å². The number of carbonyl (C=O) groups excluding carboxylic acids is 2. The highest BCUT2D eigenvalue weighted by Gasteiger charge is 2.51. The van der Waals surface area contributed by atoms with Gasteiger partial charge in [-0.1, -0.05) is 67.6 Å². The normalized spacial score (nSPS) is 31.7. The third kappa shape index (κ3) is 8.65. The number of ether oxygens (including phenoxy) is 3. The summed E-state index contributed by atoms with van der Waals surface area (Å²) in [6.07, 6.45) is 8.04. The Hall–Kier alpha value is -3.76. The van der Waals surface area contributed by atoms with E-state index in [0.717, 1.165) is 89.8 Å². The Morgan fingerprint density at radius 3 is 2.22 bits per heavy atom. The van der Waals surface area contributed by atoms with E-state index in [1.54, 1.807) is 0 Å². The minimum absolute atomic E-state index is 0.0105. The summed E-state index contributed by atoms with van der Waals surface area (Å²) in [4.78, 5) is 28.7. The predicted octanol–water partition coefficient (Wildman–Crippen LogP) is 8.21. The lowest BCUT2D eigenvalue weighted by Crippen LogP contribution is -2.61. The molecule has 5 unspecified atom stereocenters. The Labute approximate surface area is 326 Å². The van der Waals surface area contributed by atoms with Gasteiger partial charge in [0.15, 0.2) is 6.29 Å². The minimum Gasteiger partial charge on any atom is -0.459 e. The molecule has 4 saturated carbocycles. The van der Waals surface area contributed by atoms with Gasteiger partial charge in [-0.05, 0) is 136 Å². The summed E-state index contributed by atoms with van der Waals surface area (Å²) >= 11 is 0. The van der Waals surface area contributed by atoms with Crippen molar-refractivity contribution in [1.82, 2.24) is 15.5 Å². The molecule has 6 aliphatic rings. The van der Waals surface area contributed by atoms with Crippen LogP contribution in [0, 0.1) is 23.7 Å². The molecule has 9 heteroatoms. The van der Waals surface area contributed by atoms with Crippen LogP contribution in [0.1, 0.15) is 114 Å². The van der Waals surface area contributed by atoms with E-state index in [-0.39, 0.29) is 48.3 Å². The number of esters is 1. The van der Waals surface area contributed by atoms with Crippen LogP contribution in [0.4, 0.5) is 4.79 Å². The molecule has 5 atom stereocenters. The fourth-order valence-corrected chi connectivity index (χ4v) is 10.7. The van der Waals surface area contributed by atoms with E-state index in [1.807, 2.05) is 63.2 Å². The second-order valence-corrected chi connectivity index (χ2v) is 18.3. The van der Waals surface area contributed by atoms with Gasteiger partial charge in [-0.25, -0.2) is 4.79 Å². The fraction of sp³-hybridized carbons (Fsp3) is 0.565. The summed E-state index contributed by atoms with van der Waals surface area (Å²) in [6, 6.07) is 24.3. The van der Waals surface area contributed by atoms with Gasteiger partial charge in [0.25, 0.3) is 0 Å². The highest BCUT2D eigenvalue weighted by atomic mass is 16.7. The number of hydrogen-bond acceptors (Lipinski definition) is 7. The molecular weight excluding hydrogens is 691 g/mol. The van der Waals surface area contributed by atoms with Crippen molar-refractivity contribution in [2.75, 3.05) is 13.1 Å². The van der Waals surface area contributed by atoms with Gasteiger partial charge in [-0.2, -0.15) is 0 Å². The summed E-state index contributed by atoms with van der Waals surface area (Å²) in [7, 11) is 0. The van der Waals surface area contributed by atoms with Gasteiger partial charge in [0, 0.05) is 30.1 Å². The number of benzene rings is 3. The molecule has 0 radical (unpaired) electrons.